The molecule has 1 aliphatic rings. The van der Waals surface area contributed by atoms with E-state index in [1.165, 1.54) is 0 Å². The third-order valence-electron chi connectivity index (χ3n) is 2.14. The zero-order chi connectivity index (χ0) is 9.14. The molecule has 1 unspecified atom stereocenters. The minimum atomic E-state index is 0.236. The van der Waals surface area contributed by atoms with Crippen molar-refractivity contribution in [3.8, 4) is 0 Å². The van der Waals surface area contributed by atoms with Gasteiger partial charge >= 0.3 is 0 Å². The molecule has 1 saturated carbocycles. The number of nitrogens with one attached hydrogen (secondary N) is 1. The SMILES string of the molecule is CC(C)C(Br)CNC(=O)C1CC1. The lowest BCUT2D eigenvalue weighted by atomic mass is 10.1. The Hall–Kier alpha value is -0.0500. The van der Waals surface area contributed by atoms with E-state index in [0.717, 1.165) is 19.4 Å². The molecule has 1 rings (SSSR count). The van der Waals surface area contributed by atoms with Gasteiger partial charge in [-0.25, -0.2) is 0 Å². The number of carbonyl (C=O) groups excluding carboxylic acids is 1. The Morgan fingerprint density at radius 1 is 1.58 bits per heavy atom. The molecular formula is C9H16BrNO. The molecule has 1 fully saturated rings. The molecule has 1 N–H and O–H groups in total. The Labute approximate surface area is 82.2 Å². The summed E-state index contributed by atoms with van der Waals surface area (Å²) in [6.45, 7) is 5.04. The van der Waals surface area contributed by atoms with Gasteiger partial charge in [-0.05, 0) is 18.8 Å². The van der Waals surface area contributed by atoms with Crippen LogP contribution in [0.3, 0.4) is 0 Å². The van der Waals surface area contributed by atoms with Gasteiger partial charge in [0.05, 0.1) is 0 Å². The minimum Gasteiger partial charge on any atom is -0.355 e. The predicted octanol–water partition coefficient (Wildman–Crippen LogP) is 1.93. The number of hydrogen-bond donors (Lipinski definition) is 1. The second-order valence-corrected chi connectivity index (χ2v) is 4.96. The van der Waals surface area contributed by atoms with Gasteiger partial charge < -0.3 is 5.32 Å². The first-order chi connectivity index (χ1) is 5.61. The molecule has 0 saturated heterocycles. The third kappa shape index (κ3) is 3.13. The summed E-state index contributed by atoms with van der Waals surface area (Å²) in [6.07, 6.45) is 2.17. The molecule has 2 nitrogen and oxygen atoms in total. The Kier molecular flexibility index (Phi) is 3.56. The molecule has 70 valence electrons. The van der Waals surface area contributed by atoms with Crippen molar-refractivity contribution in [1.82, 2.24) is 5.32 Å². The fraction of sp³-hybridized carbons (Fsp3) is 0.889. The first-order valence-electron chi connectivity index (χ1n) is 4.53. The van der Waals surface area contributed by atoms with Gasteiger partial charge in [-0.15, -0.1) is 0 Å². The normalized spacial score (nSPS) is 19.3. The van der Waals surface area contributed by atoms with Gasteiger partial charge in [0.25, 0.3) is 0 Å². The van der Waals surface area contributed by atoms with Gasteiger partial charge in [0, 0.05) is 17.3 Å². The molecule has 0 bridgehead atoms. The molecule has 1 amide bonds. The molecule has 0 spiro atoms. The number of rotatable bonds is 4. The summed E-state index contributed by atoms with van der Waals surface area (Å²) >= 11 is 3.53. The molecular weight excluding hydrogens is 218 g/mol. The fourth-order valence-corrected chi connectivity index (χ4v) is 1.09. The number of halogens is 1. The molecule has 1 atom stereocenters. The van der Waals surface area contributed by atoms with Gasteiger partial charge in [-0.1, -0.05) is 29.8 Å². The number of amides is 1. The number of alkyl halides is 1. The van der Waals surface area contributed by atoms with E-state index < -0.39 is 0 Å². The molecule has 3 heteroatoms. The van der Waals surface area contributed by atoms with Crippen molar-refractivity contribution in [3.63, 3.8) is 0 Å². The van der Waals surface area contributed by atoms with Crippen LogP contribution in [-0.4, -0.2) is 17.3 Å². The molecule has 12 heavy (non-hydrogen) atoms. The van der Waals surface area contributed by atoms with Crippen molar-refractivity contribution in [1.29, 1.82) is 0 Å². The molecule has 0 aromatic rings. The summed E-state index contributed by atoms with van der Waals surface area (Å²) in [5, 5.41) is 2.94. The lowest BCUT2D eigenvalue weighted by Gasteiger charge is -2.13. The zero-order valence-corrected chi connectivity index (χ0v) is 9.23. The van der Waals surface area contributed by atoms with E-state index >= 15 is 0 Å². The summed E-state index contributed by atoms with van der Waals surface area (Å²) in [6, 6.07) is 0. The fourth-order valence-electron chi connectivity index (χ4n) is 0.924. The molecule has 0 aromatic heterocycles. The van der Waals surface area contributed by atoms with Crippen LogP contribution < -0.4 is 5.32 Å². The van der Waals surface area contributed by atoms with E-state index in [1.807, 2.05) is 0 Å². The molecule has 0 aromatic carbocycles. The van der Waals surface area contributed by atoms with Gasteiger partial charge in [0.1, 0.15) is 0 Å². The molecule has 0 heterocycles. The predicted molar refractivity (Wildman–Crippen MR) is 53.3 cm³/mol. The van der Waals surface area contributed by atoms with Crippen LogP contribution >= 0.6 is 15.9 Å². The van der Waals surface area contributed by atoms with Crippen LogP contribution in [0.5, 0.6) is 0 Å². The van der Waals surface area contributed by atoms with Crippen LogP contribution in [0.2, 0.25) is 0 Å². The van der Waals surface area contributed by atoms with E-state index in [0.29, 0.717) is 16.7 Å². The van der Waals surface area contributed by atoms with Crippen molar-refractivity contribution in [2.45, 2.75) is 31.5 Å². The summed E-state index contributed by atoms with van der Waals surface area (Å²) in [5.74, 6) is 1.14. The Morgan fingerprint density at radius 2 is 2.17 bits per heavy atom. The highest BCUT2D eigenvalue weighted by Crippen LogP contribution is 2.28. The van der Waals surface area contributed by atoms with E-state index in [1.54, 1.807) is 0 Å². The molecule has 1 aliphatic carbocycles. The lowest BCUT2D eigenvalue weighted by molar-refractivity contribution is -0.122. The highest BCUT2D eigenvalue weighted by Gasteiger charge is 2.29. The Bertz CT molecular complexity index is 166. The largest absolute Gasteiger partial charge is 0.355 e. The van der Waals surface area contributed by atoms with Crippen molar-refractivity contribution >= 4 is 21.8 Å². The Balaban J connectivity index is 2.11. The van der Waals surface area contributed by atoms with Crippen LogP contribution in [0, 0.1) is 11.8 Å². The maximum atomic E-state index is 11.2. The van der Waals surface area contributed by atoms with Crippen LogP contribution in [0.25, 0.3) is 0 Å². The molecule has 0 aliphatic heterocycles. The van der Waals surface area contributed by atoms with E-state index in [-0.39, 0.29) is 5.91 Å². The first-order valence-corrected chi connectivity index (χ1v) is 5.44. The van der Waals surface area contributed by atoms with Gasteiger partial charge in [0.15, 0.2) is 0 Å². The maximum absolute atomic E-state index is 11.2. The standard InChI is InChI=1S/C9H16BrNO/c1-6(2)8(10)5-11-9(12)7-3-4-7/h6-8H,3-5H2,1-2H3,(H,11,12). The summed E-state index contributed by atoms with van der Waals surface area (Å²) in [4.78, 5) is 11.6. The first kappa shape index (κ1) is 10.0. The van der Waals surface area contributed by atoms with Crippen molar-refractivity contribution in [2.75, 3.05) is 6.54 Å². The minimum absolute atomic E-state index is 0.236. The van der Waals surface area contributed by atoms with Crippen LogP contribution in [0.4, 0.5) is 0 Å². The topological polar surface area (TPSA) is 29.1 Å². The van der Waals surface area contributed by atoms with E-state index in [2.05, 4.69) is 35.1 Å². The van der Waals surface area contributed by atoms with Crippen LogP contribution in [0.15, 0.2) is 0 Å². The Morgan fingerprint density at radius 3 is 2.58 bits per heavy atom. The van der Waals surface area contributed by atoms with Crippen molar-refractivity contribution in [2.24, 2.45) is 11.8 Å². The maximum Gasteiger partial charge on any atom is 0.223 e. The van der Waals surface area contributed by atoms with Gasteiger partial charge in [-0.3, -0.25) is 4.79 Å². The number of hydrogen-bond acceptors (Lipinski definition) is 1. The summed E-state index contributed by atoms with van der Waals surface area (Å²) in [5.41, 5.74) is 0. The van der Waals surface area contributed by atoms with E-state index in [4.69, 9.17) is 0 Å². The third-order valence-corrected chi connectivity index (χ3v) is 3.52. The zero-order valence-electron chi connectivity index (χ0n) is 7.64. The summed E-state index contributed by atoms with van der Waals surface area (Å²) in [7, 11) is 0. The highest BCUT2D eigenvalue weighted by molar-refractivity contribution is 9.09. The van der Waals surface area contributed by atoms with Crippen molar-refractivity contribution in [3.05, 3.63) is 0 Å². The van der Waals surface area contributed by atoms with Crippen LogP contribution in [-0.2, 0) is 4.79 Å². The number of carbonyl (C=O) groups is 1. The lowest BCUT2D eigenvalue weighted by Crippen LogP contribution is -2.32. The quantitative estimate of drug-likeness (QED) is 0.740. The summed E-state index contributed by atoms with van der Waals surface area (Å²) < 4.78 is 0. The van der Waals surface area contributed by atoms with Gasteiger partial charge in [0.2, 0.25) is 5.91 Å². The van der Waals surface area contributed by atoms with Gasteiger partial charge in [-0.2, -0.15) is 0 Å². The van der Waals surface area contributed by atoms with Crippen LogP contribution in [0.1, 0.15) is 26.7 Å². The average Bonchev–Trinajstić information content (AvgIpc) is 2.81. The second-order valence-electron chi connectivity index (χ2n) is 3.78. The smallest absolute Gasteiger partial charge is 0.223 e. The monoisotopic (exact) mass is 233 g/mol. The van der Waals surface area contributed by atoms with Crippen molar-refractivity contribution < 1.29 is 4.79 Å². The second kappa shape index (κ2) is 4.26. The highest BCUT2D eigenvalue weighted by atomic mass is 79.9. The molecule has 0 radical (unpaired) electrons. The average molecular weight is 234 g/mol. The van der Waals surface area contributed by atoms with E-state index in [9.17, 15) is 4.79 Å².